The molecule has 1 aliphatic rings. The molecule has 6 heteroatoms. The molecule has 0 bridgehead atoms. The third kappa shape index (κ3) is 2.07. The fourth-order valence-electron chi connectivity index (χ4n) is 2.61. The van der Waals surface area contributed by atoms with Crippen molar-refractivity contribution >= 4 is 33.8 Å². The molecular formula is C13H16N2O2S2. The number of thiophene rings is 1. The van der Waals surface area contributed by atoms with E-state index in [2.05, 4.69) is 4.98 Å². The van der Waals surface area contributed by atoms with E-state index in [1.165, 1.54) is 10.4 Å². The van der Waals surface area contributed by atoms with Crippen LogP contribution < -0.4 is 5.56 Å². The van der Waals surface area contributed by atoms with Crippen LogP contribution in [0, 0.1) is 4.77 Å². The Morgan fingerprint density at radius 2 is 2.32 bits per heavy atom. The molecule has 0 fully saturated rings. The van der Waals surface area contributed by atoms with Gasteiger partial charge in [0.1, 0.15) is 4.83 Å². The van der Waals surface area contributed by atoms with Crippen molar-refractivity contribution in [3.63, 3.8) is 0 Å². The quantitative estimate of drug-likeness (QED) is 0.886. The average molecular weight is 296 g/mol. The van der Waals surface area contributed by atoms with Crippen molar-refractivity contribution in [2.24, 2.45) is 0 Å². The smallest absolute Gasteiger partial charge is 0.263 e. The van der Waals surface area contributed by atoms with Gasteiger partial charge in [-0.15, -0.1) is 11.3 Å². The lowest BCUT2D eigenvalue weighted by Gasteiger charge is -2.12. The molecule has 2 aromatic rings. The summed E-state index contributed by atoms with van der Waals surface area (Å²) in [5, 5.41) is 0.842. The predicted octanol–water partition coefficient (Wildman–Crippen LogP) is 2.64. The standard InChI is InChI=1S/C13H16N2O2S2/c1-7(17-2)6-15-12(16)10-8-4-3-5-9(8)19-11(10)14-13(15)18/h7H,3-6H2,1-2H3,(H,14,18). The van der Waals surface area contributed by atoms with Crippen LogP contribution >= 0.6 is 23.6 Å². The first kappa shape index (κ1) is 13.0. The van der Waals surface area contributed by atoms with Crippen LogP contribution in [-0.2, 0) is 24.1 Å². The van der Waals surface area contributed by atoms with Crippen LogP contribution in [0.5, 0.6) is 0 Å². The molecule has 1 N–H and O–H groups in total. The average Bonchev–Trinajstić information content (AvgIpc) is 2.93. The summed E-state index contributed by atoms with van der Waals surface area (Å²) in [6.07, 6.45) is 3.22. The highest BCUT2D eigenvalue weighted by Crippen LogP contribution is 2.34. The second-order valence-electron chi connectivity index (χ2n) is 4.95. The lowest BCUT2D eigenvalue weighted by Crippen LogP contribution is -2.27. The number of H-pyrrole nitrogens is 1. The van der Waals surface area contributed by atoms with Crippen molar-refractivity contribution in [3.8, 4) is 0 Å². The fourth-order valence-corrected chi connectivity index (χ4v) is 4.21. The molecule has 0 aliphatic heterocycles. The van der Waals surface area contributed by atoms with Gasteiger partial charge in [0, 0.05) is 12.0 Å². The second kappa shape index (κ2) is 4.85. The maximum absolute atomic E-state index is 12.6. The first-order chi connectivity index (χ1) is 9.11. The number of hydrogen-bond donors (Lipinski definition) is 1. The minimum atomic E-state index is -0.0306. The van der Waals surface area contributed by atoms with Gasteiger partial charge in [-0.3, -0.25) is 9.36 Å². The van der Waals surface area contributed by atoms with E-state index in [9.17, 15) is 4.79 Å². The van der Waals surface area contributed by atoms with Gasteiger partial charge in [-0.25, -0.2) is 0 Å². The maximum Gasteiger partial charge on any atom is 0.263 e. The van der Waals surface area contributed by atoms with Gasteiger partial charge in [-0.2, -0.15) is 0 Å². The summed E-state index contributed by atoms with van der Waals surface area (Å²) in [6, 6.07) is 0. The number of aromatic amines is 1. The molecule has 102 valence electrons. The number of methoxy groups -OCH3 is 1. The molecular weight excluding hydrogens is 280 g/mol. The normalized spacial score (nSPS) is 15.9. The number of rotatable bonds is 3. The molecule has 4 nitrogen and oxygen atoms in total. The number of aryl methyl sites for hydroxylation is 2. The van der Waals surface area contributed by atoms with Crippen molar-refractivity contribution in [1.82, 2.24) is 9.55 Å². The van der Waals surface area contributed by atoms with Gasteiger partial charge >= 0.3 is 0 Å². The zero-order valence-corrected chi connectivity index (χ0v) is 12.6. The summed E-state index contributed by atoms with van der Waals surface area (Å²) in [5.41, 5.74) is 1.26. The Kier molecular flexibility index (Phi) is 3.32. The summed E-state index contributed by atoms with van der Waals surface area (Å²) in [6.45, 7) is 2.43. The van der Waals surface area contributed by atoms with Crippen molar-refractivity contribution in [2.45, 2.75) is 38.8 Å². The van der Waals surface area contributed by atoms with Crippen LogP contribution in [0.2, 0.25) is 0 Å². The summed E-state index contributed by atoms with van der Waals surface area (Å²) >= 11 is 6.98. The lowest BCUT2D eigenvalue weighted by molar-refractivity contribution is 0.102. The molecule has 0 aromatic carbocycles. The van der Waals surface area contributed by atoms with Crippen LogP contribution in [0.25, 0.3) is 10.2 Å². The van der Waals surface area contributed by atoms with Gasteiger partial charge in [-0.05, 0) is 44.0 Å². The number of ether oxygens (including phenoxy) is 1. The number of nitrogens with one attached hydrogen (secondary N) is 1. The Morgan fingerprint density at radius 3 is 3.05 bits per heavy atom. The summed E-state index contributed by atoms with van der Waals surface area (Å²) in [7, 11) is 1.64. The molecule has 1 unspecified atom stereocenters. The van der Waals surface area contributed by atoms with E-state index in [0.717, 1.165) is 29.5 Å². The van der Waals surface area contributed by atoms with Gasteiger partial charge in [0.25, 0.3) is 5.56 Å². The number of fused-ring (bicyclic) bond motifs is 3. The molecule has 3 rings (SSSR count). The van der Waals surface area contributed by atoms with E-state index < -0.39 is 0 Å². The molecule has 0 saturated heterocycles. The molecule has 1 atom stereocenters. The number of aromatic nitrogens is 2. The van der Waals surface area contributed by atoms with E-state index >= 15 is 0 Å². The predicted molar refractivity (Wildman–Crippen MR) is 79.8 cm³/mol. The zero-order valence-electron chi connectivity index (χ0n) is 11.0. The molecule has 1 aliphatic carbocycles. The fraction of sp³-hybridized carbons (Fsp3) is 0.538. The minimum absolute atomic E-state index is 0.0297. The molecule has 0 spiro atoms. The second-order valence-corrected chi connectivity index (χ2v) is 6.45. The lowest BCUT2D eigenvalue weighted by atomic mass is 10.2. The van der Waals surface area contributed by atoms with Crippen LogP contribution in [0.3, 0.4) is 0 Å². The van der Waals surface area contributed by atoms with E-state index in [0.29, 0.717) is 11.3 Å². The monoisotopic (exact) mass is 296 g/mol. The molecule has 2 heterocycles. The SMILES string of the molecule is COC(C)Cn1c(=S)[nH]c2sc3c(c2c1=O)CCC3. The third-order valence-corrected chi connectivity index (χ3v) is 5.22. The topological polar surface area (TPSA) is 47.0 Å². The summed E-state index contributed by atoms with van der Waals surface area (Å²) in [5.74, 6) is 0. The van der Waals surface area contributed by atoms with E-state index in [1.807, 2.05) is 6.92 Å². The molecule has 2 aromatic heterocycles. The van der Waals surface area contributed by atoms with Crippen LogP contribution in [0.15, 0.2) is 4.79 Å². The van der Waals surface area contributed by atoms with Gasteiger partial charge in [0.15, 0.2) is 4.77 Å². The van der Waals surface area contributed by atoms with Crippen LogP contribution in [0.4, 0.5) is 0 Å². The molecule has 19 heavy (non-hydrogen) atoms. The van der Waals surface area contributed by atoms with Crippen LogP contribution in [-0.4, -0.2) is 22.8 Å². The van der Waals surface area contributed by atoms with E-state index in [1.54, 1.807) is 23.0 Å². The summed E-state index contributed by atoms with van der Waals surface area (Å²) in [4.78, 5) is 18.1. The van der Waals surface area contributed by atoms with Gasteiger partial charge in [0.05, 0.1) is 18.0 Å². The number of hydrogen-bond acceptors (Lipinski definition) is 4. The highest BCUT2D eigenvalue weighted by atomic mass is 32.1. The zero-order chi connectivity index (χ0) is 13.6. The highest BCUT2D eigenvalue weighted by molar-refractivity contribution is 7.71. The van der Waals surface area contributed by atoms with Crippen molar-refractivity contribution in [1.29, 1.82) is 0 Å². The van der Waals surface area contributed by atoms with Crippen molar-refractivity contribution < 1.29 is 4.74 Å². The summed E-state index contributed by atoms with van der Waals surface area (Å²) < 4.78 is 7.34. The Morgan fingerprint density at radius 1 is 1.53 bits per heavy atom. The van der Waals surface area contributed by atoms with Gasteiger partial charge in [-0.1, -0.05) is 0 Å². The van der Waals surface area contributed by atoms with Gasteiger partial charge < -0.3 is 9.72 Å². The minimum Gasteiger partial charge on any atom is -0.380 e. The third-order valence-electron chi connectivity index (χ3n) is 3.69. The largest absolute Gasteiger partial charge is 0.380 e. The van der Waals surface area contributed by atoms with Gasteiger partial charge in [0.2, 0.25) is 0 Å². The van der Waals surface area contributed by atoms with Crippen molar-refractivity contribution in [3.05, 3.63) is 25.6 Å². The van der Waals surface area contributed by atoms with E-state index in [-0.39, 0.29) is 11.7 Å². The maximum atomic E-state index is 12.6. The Balaban J connectivity index is 2.23. The van der Waals surface area contributed by atoms with E-state index in [4.69, 9.17) is 17.0 Å². The van der Waals surface area contributed by atoms with Crippen molar-refractivity contribution in [2.75, 3.05) is 7.11 Å². The Bertz CT molecular complexity index is 741. The Labute approximate surface area is 120 Å². The highest BCUT2D eigenvalue weighted by Gasteiger charge is 2.21. The first-order valence-corrected chi connectivity index (χ1v) is 7.64. The number of nitrogens with zero attached hydrogens (tertiary/aromatic N) is 1. The molecule has 0 saturated carbocycles. The molecule has 0 radical (unpaired) electrons. The first-order valence-electron chi connectivity index (χ1n) is 6.42. The Hall–Kier alpha value is -0.980. The van der Waals surface area contributed by atoms with Crippen LogP contribution in [0.1, 0.15) is 23.8 Å². The molecule has 0 amide bonds.